The summed E-state index contributed by atoms with van der Waals surface area (Å²) in [4.78, 5) is 7.15. The highest BCUT2D eigenvalue weighted by molar-refractivity contribution is 5.96. The van der Waals surface area contributed by atoms with Crippen LogP contribution in [0.2, 0.25) is 0 Å². The first-order chi connectivity index (χ1) is 18.6. The maximum Gasteiger partial charge on any atom is 0.231 e. The molecule has 0 aliphatic heterocycles. The molecular weight excluding hydrogens is 472 g/mol. The van der Waals surface area contributed by atoms with Crippen LogP contribution in [0.4, 0.5) is 5.69 Å². The molecule has 5 nitrogen and oxygen atoms in total. The maximum absolute atomic E-state index is 10.8. The molecule has 6 rings (SSSR count). The minimum Gasteiger partial charge on any atom is -0.507 e. The molecule has 0 spiro atoms. The van der Waals surface area contributed by atoms with Gasteiger partial charge in [0.25, 0.3) is 0 Å². The first-order valence-corrected chi connectivity index (χ1v) is 13.5. The van der Waals surface area contributed by atoms with Crippen LogP contribution in [-0.2, 0) is 0 Å². The van der Waals surface area contributed by atoms with E-state index >= 15 is 0 Å². The van der Waals surface area contributed by atoms with Gasteiger partial charge in [-0.25, -0.2) is 4.98 Å². The molecule has 0 aliphatic carbocycles. The van der Waals surface area contributed by atoms with Crippen molar-refractivity contribution >= 4 is 38.5 Å². The number of nitrogens with zero attached hydrogens (tertiary/aromatic N) is 2. The molecule has 0 radical (unpaired) electrons. The molecule has 0 fully saturated rings. The van der Waals surface area contributed by atoms with Gasteiger partial charge in [0.1, 0.15) is 22.6 Å². The Labute approximate surface area is 222 Å². The Morgan fingerprint density at radius 2 is 1.45 bits per heavy atom. The summed E-state index contributed by atoms with van der Waals surface area (Å²) in [6, 6.07) is 26.2. The zero-order chi connectivity index (χ0) is 26.1. The first kappa shape index (κ1) is 24.1. The lowest BCUT2D eigenvalue weighted by Gasteiger charge is -2.24. The predicted octanol–water partition coefficient (Wildman–Crippen LogP) is 9.17. The standard InChI is InChI=1S/C33H32N2O3/c1-3-5-15-35(16-6-4-2)26-13-11-22(12-14-26)30-20-25-17-27(29(36)21-31(25)37-30)33-34-28-18-23-9-7-8-10-24(23)19-32(28)38-33/h7-14,17-21,36H,3-6,15-16H2,1-2H3. The van der Waals surface area contributed by atoms with Crippen molar-refractivity contribution in [3.63, 3.8) is 0 Å². The number of aromatic hydroxyl groups is 1. The number of phenolic OH excluding ortho intramolecular Hbond substituents is 1. The summed E-state index contributed by atoms with van der Waals surface area (Å²) in [5.74, 6) is 1.23. The average molecular weight is 505 g/mol. The number of rotatable bonds is 9. The van der Waals surface area contributed by atoms with Crippen LogP contribution in [0.25, 0.3) is 55.6 Å². The van der Waals surface area contributed by atoms with E-state index in [1.54, 1.807) is 6.07 Å². The summed E-state index contributed by atoms with van der Waals surface area (Å²) in [5, 5.41) is 13.9. The van der Waals surface area contributed by atoms with E-state index in [1.807, 2.05) is 42.5 Å². The lowest BCUT2D eigenvalue weighted by Crippen LogP contribution is -2.25. The molecule has 0 atom stereocenters. The molecule has 0 saturated heterocycles. The normalized spacial score (nSPS) is 11.6. The highest BCUT2D eigenvalue weighted by Crippen LogP contribution is 2.38. The van der Waals surface area contributed by atoms with Crippen molar-refractivity contribution in [1.82, 2.24) is 4.98 Å². The van der Waals surface area contributed by atoms with Gasteiger partial charge < -0.3 is 18.8 Å². The van der Waals surface area contributed by atoms with E-state index in [9.17, 15) is 5.11 Å². The van der Waals surface area contributed by atoms with Crippen molar-refractivity contribution in [2.45, 2.75) is 39.5 Å². The lowest BCUT2D eigenvalue weighted by atomic mass is 10.1. The van der Waals surface area contributed by atoms with E-state index in [-0.39, 0.29) is 5.75 Å². The second-order valence-electron chi connectivity index (χ2n) is 9.94. The topological polar surface area (TPSA) is 62.6 Å². The maximum atomic E-state index is 10.8. The Bertz CT molecular complexity index is 1650. The zero-order valence-corrected chi connectivity index (χ0v) is 21.9. The van der Waals surface area contributed by atoms with E-state index in [4.69, 9.17) is 8.83 Å². The molecule has 38 heavy (non-hydrogen) atoms. The Hall–Kier alpha value is -4.25. The number of unbranched alkanes of at least 4 members (excludes halogenated alkanes) is 2. The van der Waals surface area contributed by atoms with Crippen molar-refractivity contribution in [3.8, 4) is 28.5 Å². The van der Waals surface area contributed by atoms with Crippen LogP contribution in [0.1, 0.15) is 39.5 Å². The fraction of sp³-hybridized carbons (Fsp3) is 0.242. The highest BCUT2D eigenvalue weighted by Gasteiger charge is 2.17. The molecular formula is C33H32N2O3. The van der Waals surface area contributed by atoms with Crippen LogP contribution in [0.15, 0.2) is 87.7 Å². The van der Waals surface area contributed by atoms with Gasteiger partial charge in [0.2, 0.25) is 5.89 Å². The molecule has 0 unspecified atom stereocenters. The van der Waals surface area contributed by atoms with Crippen LogP contribution in [0, 0.1) is 0 Å². The van der Waals surface area contributed by atoms with Crippen molar-refractivity contribution in [2.75, 3.05) is 18.0 Å². The monoisotopic (exact) mass is 504 g/mol. The van der Waals surface area contributed by atoms with Gasteiger partial charge in [-0.05, 0) is 72.1 Å². The van der Waals surface area contributed by atoms with Crippen LogP contribution >= 0.6 is 0 Å². The number of fused-ring (bicyclic) bond motifs is 3. The van der Waals surface area contributed by atoms with Crippen LogP contribution in [0.3, 0.4) is 0 Å². The van der Waals surface area contributed by atoms with Gasteiger partial charge in [0, 0.05) is 35.8 Å². The molecule has 0 bridgehead atoms. The molecule has 2 heterocycles. The highest BCUT2D eigenvalue weighted by atomic mass is 16.4. The summed E-state index contributed by atoms with van der Waals surface area (Å²) >= 11 is 0. The van der Waals surface area contributed by atoms with E-state index < -0.39 is 0 Å². The average Bonchev–Trinajstić information content (AvgIpc) is 3.54. The third-order valence-electron chi connectivity index (χ3n) is 7.20. The Morgan fingerprint density at radius 3 is 2.16 bits per heavy atom. The number of hydrogen-bond donors (Lipinski definition) is 1. The van der Waals surface area contributed by atoms with Crippen molar-refractivity contribution in [2.24, 2.45) is 0 Å². The third kappa shape index (κ3) is 4.60. The summed E-state index contributed by atoms with van der Waals surface area (Å²) in [6.45, 7) is 6.62. The van der Waals surface area contributed by atoms with E-state index in [0.717, 1.165) is 46.1 Å². The molecule has 4 aromatic carbocycles. The molecule has 5 heteroatoms. The van der Waals surface area contributed by atoms with Gasteiger partial charge in [0.15, 0.2) is 5.58 Å². The molecule has 6 aromatic rings. The molecule has 2 aromatic heterocycles. The molecule has 1 N–H and O–H groups in total. The minimum atomic E-state index is 0.0762. The first-order valence-electron chi connectivity index (χ1n) is 13.5. The number of hydrogen-bond acceptors (Lipinski definition) is 5. The Morgan fingerprint density at radius 1 is 0.737 bits per heavy atom. The Kier molecular flexibility index (Phi) is 6.50. The summed E-state index contributed by atoms with van der Waals surface area (Å²) in [7, 11) is 0. The van der Waals surface area contributed by atoms with E-state index in [2.05, 4.69) is 54.1 Å². The van der Waals surface area contributed by atoms with Crippen molar-refractivity contribution in [3.05, 3.63) is 78.9 Å². The number of benzene rings is 4. The molecule has 0 aliphatic rings. The van der Waals surface area contributed by atoms with E-state index in [0.29, 0.717) is 22.6 Å². The number of aromatic nitrogens is 1. The number of oxazole rings is 1. The minimum absolute atomic E-state index is 0.0762. The second-order valence-corrected chi connectivity index (χ2v) is 9.94. The van der Waals surface area contributed by atoms with Gasteiger partial charge in [-0.1, -0.05) is 51.0 Å². The summed E-state index contributed by atoms with van der Waals surface area (Å²) < 4.78 is 12.2. The van der Waals surface area contributed by atoms with Gasteiger partial charge in [-0.15, -0.1) is 0 Å². The Balaban J connectivity index is 1.31. The van der Waals surface area contributed by atoms with E-state index in [1.165, 1.54) is 31.4 Å². The molecule has 0 amide bonds. The zero-order valence-electron chi connectivity index (χ0n) is 21.9. The quantitative estimate of drug-likeness (QED) is 0.213. The van der Waals surface area contributed by atoms with Gasteiger partial charge in [-0.3, -0.25) is 0 Å². The number of furan rings is 1. The summed E-state index contributed by atoms with van der Waals surface area (Å²) in [6.07, 6.45) is 4.76. The third-order valence-corrected chi connectivity index (χ3v) is 7.20. The van der Waals surface area contributed by atoms with Crippen molar-refractivity contribution < 1.29 is 13.9 Å². The molecule has 0 saturated carbocycles. The molecule has 192 valence electrons. The summed E-state index contributed by atoms with van der Waals surface area (Å²) in [5.41, 5.74) is 4.87. The number of phenols is 1. The second kappa shape index (κ2) is 10.3. The van der Waals surface area contributed by atoms with Gasteiger partial charge in [0.05, 0.1) is 5.56 Å². The van der Waals surface area contributed by atoms with Crippen molar-refractivity contribution in [1.29, 1.82) is 0 Å². The fourth-order valence-corrected chi connectivity index (χ4v) is 5.02. The van der Waals surface area contributed by atoms with Crippen LogP contribution in [-0.4, -0.2) is 23.2 Å². The van der Waals surface area contributed by atoms with Crippen LogP contribution < -0.4 is 4.90 Å². The number of anilines is 1. The predicted molar refractivity (Wildman–Crippen MR) is 156 cm³/mol. The lowest BCUT2D eigenvalue weighted by molar-refractivity contribution is 0.473. The SMILES string of the molecule is CCCCN(CCCC)c1ccc(-c2cc3cc(-c4nc5cc6ccccc6cc5o4)c(O)cc3o2)cc1. The fourth-order valence-electron chi connectivity index (χ4n) is 5.02. The van der Waals surface area contributed by atoms with Gasteiger partial charge in [-0.2, -0.15) is 0 Å². The van der Waals surface area contributed by atoms with Crippen LogP contribution in [0.5, 0.6) is 5.75 Å². The van der Waals surface area contributed by atoms with Gasteiger partial charge >= 0.3 is 0 Å². The largest absolute Gasteiger partial charge is 0.507 e. The smallest absolute Gasteiger partial charge is 0.231 e.